The van der Waals surface area contributed by atoms with Gasteiger partial charge in [0.2, 0.25) is 5.91 Å². The monoisotopic (exact) mass is 363 g/mol. The third kappa shape index (κ3) is 4.92. The van der Waals surface area contributed by atoms with Crippen LogP contribution in [0.5, 0.6) is 0 Å². The number of hydrogen-bond donors (Lipinski definition) is 3. The van der Waals surface area contributed by atoms with Crippen LogP contribution in [0.25, 0.3) is 0 Å². The van der Waals surface area contributed by atoms with Crippen molar-refractivity contribution in [2.75, 3.05) is 16.0 Å². The first kappa shape index (κ1) is 18.1. The fourth-order valence-corrected chi connectivity index (χ4v) is 2.50. The van der Waals surface area contributed by atoms with Gasteiger partial charge in [0.15, 0.2) is 0 Å². The van der Waals surface area contributed by atoms with Crippen LogP contribution in [0.3, 0.4) is 0 Å². The number of para-hydroxylation sites is 1. The minimum Gasteiger partial charge on any atom is -0.356 e. The smallest absolute Gasteiger partial charge is 0.258 e. The molecular formula is C21H18FN3O2. The van der Waals surface area contributed by atoms with E-state index in [0.717, 1.165) is 17.4 Å². The van der Waals surface area contributed by atoms with Crippen LogP contribution in [0.15, 0.2) is 72.8 Å². The Morgan fingerprint density at radius 2 is 1.33 bits per heavy atom. The molecule has 3 aromatic rings. The average Bonchev–Trinajstić information content (AvgIpc) is 2.65. The lowest BCUT2D eigenvalue weighted by molar-refractivity contribution is -0.114. The molecule has 2 amide bonds. The van der Waals surface area contributed by atoms with E-state index in [1.165, 1.54) is 19.1 Å². The van der Waals surface area contributed by atoms with Gasteiger partial charge in [0.25, 0.3) is 5.91 Å². The van der Waals surface area contributed by atoms with E-state index in [4.69, 9.17) is 0 Å². The molecule has 0 fully saturated rings. The highest BCUT2D eigenvalue weighted by molar-refractivity contribution is 6.05. The molecule has 0 aliphatic carbocycles. The number of benzene rings is 3. The summed E-state index contributed by atoms with van der Waals surface area (Å²) in [4.78, 5) is 23.5. The highest BCUT2D eigenvalue weighted by atomic mass is 19.1. The SMILES string of the molecule is CC(=O)Nc1ccc(F)c(C(=O)Nc2ccc(Nc3ccccc3)cc2)c1. The third-order valence-corrected chi connectivity index (χ3v) is 3.74. The van der Waals surface area contributed by atoms with Crippen molar-refractivity contribution in [2.24, 2.45) is 0 Å². The van der Waals surface area contributed by atoms with Crippen molar-refractivity contribution >= 4 is 34.6 Å². The molecule has 0 spiro atoms. The molecule has 0 bridgehead atoms. The van der Waals surface area contributed by atoms with E-state index < -0.39 is 11.7 Å². The summed E-state index contributed by atoms with van der Waals surface area (Å²) in [7, 11) is 0. The molecule has 0 aromatic heterocycles. The van der Waals surface area contributed by atoms with Crippen LogP contribution in [0, 0.1) is 5.82 Å². The molecule has 0 aliphatic heterocycles. The minimum atomic E-state index is -0.663. The Morgan fingerprint density at radius 3 is 2.00 bits per heavy atom. The molecule has 0 unspecified atom stereocenters. The quantitative estimate of drug-likeness (QED) is 0.611. The van der Waals surface area contributed by atoms with Crippen LogP contribution in [0.1, 0.15) is 17.3 Å². The van der Waals surface area contributed by atoms with Gasteiger partial charge in [0.05, 0.1) is 5.56 Å². The molecule has 0 atom stereocenters. The molecule has 5 nitrogen and oxygen atoms in total. The van der Waals surface area contributed by atoms with Crippen molar-refractivity contribution in [1.29, 1.82) is 0 Å². The first-order chi connectivity index (χ1) is 13.0. The van der Waals surface area contributed by atoms with Gasteiger partial charge < -0.3 is 16.0 Å². The summed E-state index contributed by atoms with van der Waals surface area (Å²) >= 11 is 0. The second-order valence-corrected chi connectivity index (χ2v) is 5.90. The summed E-state index contributed by atoms with van der Waals surface area (Å²) in [6, 6.07) is 20.6. The van der Waals surface area contributed by atoms with E-state index in [9.17, 15) is 14.0 Å². The van der Waals surface area contributed by atoms with Crippen molar-refractivity contribution < 1.29 is 14.0 Å². The summed E-state index contributed by atoms with van der Waals surface area (Å²) < 4.78 is 14.0. The summed E-state index contributed by atoms with van der Waals surface area (Å²) in [5, 5.41) is 8.42. The fourth-order valence-electron chi connectivity index (χ4n) is 2.50. The number of amides is 2. The molecule has 136 valence electrons. The van der Waals surface area contributed by atoms with Gasteiger partial charge in [-0.15, -0.1) is 0 Å². The first-order valence-electron chi connectivity index (χ1n) is 8.32. The number of carbonyl (C=O) groups excluding carboxylic acids is 2. The molecule has 27 heavy (non-hydrogen) atoms. The van der Waals surface area contributed by atoms with E-state index in [2.05, 4.69) is 16.0 Å². The molecule has 3 aromatic carbocycles. The maximum Gasteiger partial charge on any atom is 0.258 e. The predicted octanol–water partition coefficient (Wildman–Crippen LogP) is 4.78. The summed E-state index contributed by atoms with van der Waals surface area (Å²) in [5.74, 6) is -1.55. The van der Waals surface area contributed by atoms with Crippen molar-refractivity contribution in [3.8, 4) is 0 Å². The number of rotatable bonds is 5. The largest absolute Gasteiger partial charge is 0.356 e. The second-order valence-electron chi connectivity index (χ2n) is 5.90. The zero-order valence-electron chi connectivity index (χ0n) is 14.6. The van der Waals surface area contributed by atoms with Crippen LogP contribution in [0.4, 0.5) is 27.1 Å². The molecule has 3 rings (SSSR count). The van der Waals surface area contributed by atoms with E-state index >= 15 is 0 Å². The van der Waals surface area contributed by atoms with Gasteiger partial charge in [-0.3, -0.25) is 9.59 Å². The second kappa shape index (κ2) is 8.14. The van der Waals surface area contributed by atoms with Gasteiger partial charge in [0.1, 0.15) is 5.82 Å². The highest BCUT2D eigenvalue weighted by Crippen LogP contribution is 2.20. The summed E-state index contributed by atoms with van der Waals surface area (Å²) in [6.07, 6.45) is 0. The molecule has 3 N–H and O–H groups in total. The standard InChI is InChI=1S/C21H18FN3O2/c1-14(26)23-18-11-12-20(22)19(13-18)21(27)25-17-9-7-16(8-10-17)24-15-5-3-2-4-6-15/h2-13,24H,1H3,(H,23,26)(H,25,27). The fraction of sp³-hybridized carbons (Fsp3) is 0.0476. The van der Waals surface area contributed by atoms with E-state index in [1.54, 1.807) is 12.1 Å². The van der Waals surface area contributed by atoms with Gasteiger partial charge >= 0.3 is 0 Å². The normalized spacial score (nSPS) is 10.1. The van der Waals surface area contributed by atoms with Crippen LogP contribution in [-0.2, 0) is 4.79 Å². The zero-order chi connectivity index (χ0) is 19.2. The lowest BCUT2D eigenvalue weighted by Crippen LogP contribution is -2.15. The van der Waals surface area contributed by atoms with E-state index in [0.29, 0.717) is 11.4 Å². The zero-order valence-corrected chi connectivity index (χ0v) is 14.6. The van der Waals surface area contributed by atoms with E-state index in [-0.39, 0.29) is 11.5 Å². The number of anilines is 4. The lowest BCUT2D eigenvalue weighted by Gasteiger charge is -2.10. The Morgan fingerprint density at radius 1 is 0.741 bits per heavy atom. The molecule has 0 saturated heterocycles. The molecule has 6 heteroatoms. The Kier molecular flexibility index (Phi) is 5.47. The number of hydrogen-bond acceptors (Lipinski definition) is 3. The van der Waals surface area contributed by atoms with Gasteiger partial charge in [0, 0.05) is 29.7 Å². The Balaban J connectivity index is 1.70. The molecule has 0 saturated carbocycles. The Bertz CT molecular complexity index is 957. The number of halogens is 1. The van der Waals surface area contributed by atoms with Crippen molar-refractivity contribution in [2.45, 2.75) is 6.92 Å². The average molecular weight is 363 g/mol. The summed E-state index contributed by atoms with van der Waals surface area (Å²) in [6.45, 7) is 1.34. The van der Waals surface area contributed by atoms with E-state index in [1.807, 2.05) is 42.5 Å². The number of carbonyl (C=O) groups is 2. The molecule has 0 radical (unpaired) electrons. The Labute approximate surface area is 156 Å². The van der Waals surface area contributed by atoms with Crippen molar-refractivity contribution in [3.05, 3.63) is 84.2 Å². The molecular weight excluding hydrogens is 345 g/mol. The van der Waals surface area contributed by atoms with Crippen molar-refractivity contribution in [3.63, 3.8) is 0 Å². The lowest BCUT2D eigenvalue weighted by atomic mass is 10.1. The van der Waals surface area contributed by atoms with Gasteiger partial charge in [-0.1, -0.05) is 18.2 Å². The molecule has 0 aliphatic rings. The maximum absolute atomic E-state index is 14.0. The molecule has 0 heterocycles. The van der Waals surface area contributed by atoms with Gasteiger partial charge in [-0.05, 0) is 54.6 Å². The first-order valence-corrected chi connectivity index (χ1v) is 8.32. The highest BCUT2D eigenvalue weighted by Gasteiger charge is 2.13. The number of nitrogens with one attached hydrogen (secondary N) is 3. The predicted molar refractivity (Wildman–Crippen MR) is 105 cm³/mol. The Hall–Kier alpha value is -3.67. The van der Waals surface area contributed by atoms with Gasteiger partial charge in [-0.25, -0.2) is 4.39 Å². The van der Waals surface area contributed by atoms with Gasteiger partial charge in [-0.2, -0.15) is 0 Å². The van der Waals surface area contributed by atoms with Crippen molar-refractivity contribution in [1.82, 2.24) is 0 Å². The minimum absolute atomic E-state index is 0.146. The third-order valence-electron chi connectivity index (χ3n) is 3.74. The maximum atomic E-state index is 14.0. The summed E-state index contributed by atoms with van der Waals surface area (Å²) in [5.41, 5.74) is 2.55. The van der Waals surface area contributed by atoms with Crippen LogP contribution < -0.4 is 16.0 Å². The van der Waals surface area contributed by atoms with Crippen LogP contribution in [-0.4, -0.2) is 11.8 Å². The topological polar surface area (TPSA) is 70.2 Å². The van der Waals surface area contributed by atoms with Crippen LogP contribution in [0.2, 0.25) is 0 Å². The van der Waals surface area contributed by atoms with Crippen LogP contribution >= 0.6 is 0 Å².